The van der Waals surface area contributed by atoms with E-state index in [0.717, 1.165) is 22.6 Å². The van der Waals surface area contributed by atoms with Gasteiger partial charge in [0, 0.05) is 18.9 Å². The van der Waals surface area contributed by atoms with Crippen molar-refractivity contribution in [3.63, 3.8) is 0 Å². The first-order chi connectivity index (χ1) is 10.3. The first-order valence-electron chi connectivity index (χ1n) is 6.70. The Morgan fingerprint density at radius 1 is 1.19 bits per heavy atom. The molecule has 5 heteroatoms. The third-order valence-corrected chi connectivity index (χ3v) is 3.08. The molecule has 0 saturated heterocycles. The fourth-order valence-corrected chi connectivity index (χ4v) is 2.14. The monoisotopic (exact) mass is 277 g/mol. The van der Waals surface area contributed by atoms with Crippen LogP contribution in [0, 0.1) is 18.8 Å². The van der Waals surface area contributed by atoms with Gasteiger partial charge in [-0.25, -0.2) is 9.50 Å². The summed E-state index contributed by atoms with van der Waals surface area (Å²) in [6, 6.07) is 7.89. The van der Waals surface area contributed by atoms with Crippen molar-refractivity contribution in [2.45, 2.75) is 20.4 Å². The molecule has 5 nitrogen and oxygen atoms in total. The van der Waals surface area contributed by atoms with Crippen LogP contribution in [-0.4, -0.2) is 19.6 Å². The lowest BCUT2D eigenvalue weighted by Gasteiger charge is -2.08. The molecule has 3 aromatic heterocycles. The zero-order valence-electron chi connectivity index (χ0n) is 12.0. The van der Waals surface area contributed by atoms with Crippen molar-refractivity contribution in [3.8, 4) is 11.8 Å². The SMILES string of the molecule is CC#Cc1ccc2c(NCc3ccncc3)nc(C)nn12. The Balaban J connectivity index is 1.96. The van der Waals surface area contributed by atoms with E-state index in [2.05, 4.69) is 32.2 Å². The Morgan fingerprint density at radius 2 is 2.00 bits per heavy atom. The van der Waals surface area contributed by atoms with E-state index < -0.39 is 0 Å². The van der Waals surface area contributed by atoms with E-state index in [4.69, 9.17) is 0 Å². The lowest BCUT2D eigenvalue weighted by Crippen LogP contribution is -2.07. The largest absolute Gasteiger partial charge is 0.364 e. The number of hydrogen-bond donors (Lipinski definition) is 1. The average Bonchev–Trinajstić information content (AvgIpc) is 2.89. The van der Waals surface area contributed by atoms with Gasteiger partial charge in [-0.3, -0.25) is 4.98 Å². The molecule has 1 N–H and O–H groups in total. The molecular formula is C16H15N5. The molecule has 0 aliphatic heterocycles. The molecule has 0 spiro atoms. The van der Waals surface area contributed by atoms with Crippen LogP contribution in [0.15, 0.2) is 36.7 Å². The maximum absolute atomic E-state index is 4.48. The van der Waals surface area contributed by atoms with E-state index in [-0.39, 0.29) is 0 Å². The minimum atomic E-state index is 0.689. The van der Waals surface area contributed by atoms with Crippen LogP contribution >= 0.6 is 0 Å². The van der Waals surface area contributed by atoms with Gasteiger partial charge in [-0.1, -0.05) is 5.92 Å². The Morgan fingerprint density at radius 3 is 2.76 bits per heavy atom. The summed E-state index contributed by atoms with van der Waals surface area (Å²) in [5.41, 5.74) is 2.94. The molecule has 0 fully saturated rings. The van der Waals surface area contributed by atoms with Crippen LogP contribution in [0.1, 0.15) is 24.0 Å². The molecule has 0 bridgehead atoms. The predicted octanol–water partition coefficient (Wildman–Crippen LogP) is 2.42. The summed E-state index contributed by atoms with van der Waals surface area (Å²) in [5, 5.41) is 7.78. The number of rotatable bonds is 3. The Bertz CT molecular complexity index is 824. The van der Waals surface area contributed by atoms with Crippen molar-refractivity contribution in [2.24, 2.45) is 0 Å². The average molecular weight is 277 g/mol. The third-order valence-electron chi connectivity index (χ3n) is 3.08. The second-order valence-corrected chi connectivity index (χ2v) is 4.61. The van der Waals surface area contributed by atoms with E-state index in [1.165, 1.54) is 0 Å². The predicted molar refractivity (Wildman–Crippen MR) is 81.8 cm³/mol. The Kier molecular flexibility index (Phi) is 3.52. The summed E-state index contributed by atoms with van der Waals surface area (Å²) in [5.74, 6) is 7.46. The second-order valence-electron chi connectivity index (χ2n) is 4.61. The third kappa shape index (κ3) is 2.70. The van der Waals surface area contributed by atoms with Crippen LogP contribution in [0.3, 0.4) is 0 Å². The smallest absolute Gasteiger partial charge is 0.154 e. The molecule has 0 unspecified atom stereocenters. The standard InChI is InChI=1S/C16H15N5/c1-3-4-14-5-6-15-16(19-12(2)20-21(14)15)18-11-13-7-9-17-10-8-13/h5-10H,11H2,1-2H3,(H,18,19,20). The molecule has 0 amide bonds. The van der Waals surface area contributed by atoms with Crippen molar-refractivity contribution in [3.05, 3.63) is 53.7 Å². The minimum absolute atomic E-state index is 0.689. The van der Waals surface area contributed by atoms with Gasteiger partial charge in [0.05, 0.1) is 0 Å². The van der Waals surface area contributed by atoms with Crippen molar-refractivity contribution >= 4 is 11.3 Å². The molecule has 0 aliphatic carbocycles. The van der Waals surface area contributed by atoms with Crippen molar-refractivity contribution in [1.29, 1.82) is 0 Å². The number of hydrogen-bond acceptors (Lipinski definition) is 4. The van der Waals surface area contributed by atoms with Crippen LogP contribution in [0.4, 0.5) is 5.82 Å². The summed E-state index contributed by atoms with van der Waals surface area (Å²) in [7, 11) is 0. The van der Waals surface area contributed by atoms with E-state index in [1.807, 2.05) is 42.6 Å². The maximum atomic E-state index is 4.48. The molecule has 3 heterocycles. The van der Waals surface area contributed by atoms with Gasteiger partial charge in [0.15, 0.2) is 5.82 Å². The number of anilines is 1. The van der Waals surface area contributed by atoms with Gasteiger partial charge in [-0.05, 0) is 49.6 Å². The summed E-state index contributed by atoms with van der Waals surface area (Å²) < 4.78 is 1.83. The zero-order chi connectivity index (χ0) is 14.7. The highest BCUT2D eigenvalue weighted by molar-refractivity contribution is 5.69. The molecule has 0 saturated carbocycles. The van der Waals surface area contributed by atoms with E-state index in [0.29, 0.717) is 12.4 Å². The quantitative estimate of drug-likeness (QED) is 0.747. The highest BCUT2D eigenvalue weighted by Gasteiger charge is 2.08. The molecule has 0 aliphatic rings. The zero-order valence-corrected chi connectivity index (χ0v) is 12.0. The topological polar surface area (TPSA) is 55.1 Å². The van der Waals surface area contributed by atoms with Gasteiger partial charge in [-0.2, -0.15) is 5.10 Å². The fourth-order valence-electron chi connectivity index (χ4n) is 2.14. The van der Waals surface area contributed by atoms with Crippen LogP contribution in [-0.2, 0) is 6.54 Å². The van der Waals surface area contributed by atoms with Crippen LogP contribution in [0.2, 0.25) is 0 Å². The summed E-state index contributed by atoms with van der Waals surface area (Å²) in [6.07, 6.45) is 3.56. The Labute approximate surface area is 123 Å². The summed E-state index contributed by atoms with van der Waals surface area (Å²) in [4.78, 5) is 8.50. The van der Waals surface area contributed by atoms with Crippen LogP contribution < -0.4 is 5.32 Å². The van der Waals surface area contributed by atoms with Gasteiger partial charge in [0.2, 0.25) is 0 Å². The summed E-state index contributed by atoms with van der Waals surface area (Å²) >= 11 is 0. The molecule has 0 aromatic carbocycles. The van der Waals surface area contributed by atoms with E-state index in [1.54, 1.807) is 12.4 Å². The normalized spacial score (nSPS) is 10.2. The van der Waals surface area contributed by atoms with Gasteiger partial charge in [-0.15, -0.1) is 0 Å². The van der Waals surface area contributed by atoms with Crippen molar-refractivity contribution in [2.75, 3.05) is 5.32 Å². The number of fused-ring (bicyclic) bond motifs is 1. The first kappa shape index (κ1) is 13.1. The summed E-state index contributed by atoms with van der Waals surface area (Å²) in [6.45, 7) is 4.38. The van der Waals surface area contributed by atoms with Crippen molar-refractivity contribution in [1.82, 2.24) is 19.6 Å². The van der Waals surface area contributed by atoms with Crippen LogP contribution in [0.5, 0.6) is 0 Å². The fraction of sp³-hybridized carbons (Fsp3) is 0.188. The molecule has 21 heavy (non-hydrogen) atoms. The molecule has 0 atom stereocenters. The van der Waals surface area contributed by atoms with Crippen LogP contribution in [0.25, 0.3) is 5.52 Å². The number of nitrogens with one attached hydrogen (secondary N) is 1. The van der Waals surface area contributed by atoms with Gasteiger partial charge < -0.3 is 5.32 Å². The number of aryl methyl sites for hydroxylation is 1. The second kappa shape index (κ2) is 5.63. The molecule has 3 rings (SSSR count). The first-order valence-corrected chi connectivity index (χ1v) is 6.70. The highest BCUT2D eigenvalue weighted by Crippen LogP contribution is 2.17. The number of aromatic nitrogens is 4. The number of nitrogens with zero attached hydrogens (tertiary/aromatic N) is 4. The molecule has 104 valence electrons. The van der Waals surface area contributed by atoms with Gasteiger partial charge in [0.25, 0.3) is 0 Å². The van der Waals surface area contributed by atoms with Crippen molar-refractivity contribution < 1.29 is 0 Å². The lowest BCUT2D eigenvalue weighted by atomic mass is 10.3. The van der Waals surface area contributed by atoms with E-state index in [9.17, 15) is 0 Å². The molecule has 3 aromatic rings. The number of pyridine rings is 1. The van der Waals surface area contributed by atoms with E-state index >= 15 is 0 Å². The lowest BCUT2D eigenvalue weighted by molar-refractivity contribution is 0.846. The molecular weight excluding hydrogens is 262 g/mol. The Hall–Kier alpha value is -2.87. The highest BCUT2D eigenvalue weighted by atomic mass is 15.3. The van der Waals surface area contributed by atoms with Gasteiger partial charge in [0.1, 0.15) is 17.0 Å². The maximum Gasteiger partial charge on any atom is 0.154 e. The minimum Gasteiger partial charge on any atom is -0.364 e. The molecule has 0 radical (unpaired) electrons. The van der Waals surface area contributed by atoms with Gasteiger partial charge >= 0.3 is 0 Å².